The predicted molar refractivity (Wildman–Crippen MR) is 74.2 cm³/mol. The van der Waals surface area contributed by atoms with Crippen molar-refractivity contribution < 1.29 is 17.7 Å². The first-order chi connectivity index (χ1) is 10.4. The van der Waals surface area contributed by atoms with Gasteiger partial charge in [-0.1, -0.05) is 30.3 Å². The molecule has 5 nitrogen and oxygen atoms in total. The maximum absolute atomic E-state index is 12.6. The molecule has 0 bridgehead atoms. The van der Waals surface area contributed by atoms with Gasteiger partial charge >= 0.3 is 6.18 Å². The Balaban J connectivity index is 2.05. The zero-order valence-corrected chi connectivity index (χ0v) is 12.9. The highest BCUT2D eigenvalue weighted by Gasteiger charge is 2.33. The standard InChI is InChI=1S/C13H15F3N4OS/c1-3-4-5-10-19-11(21-20-10)8(2)22-12-17-7-6-9(18-12)13(14,15)16/h6-8H,3-5H2,1-2H3/t8-/m1/s1. The van der Waals surface area contributed by atoms with Gasteiger partial charge in [-0.25, -0.2) is 9.97 Å². The average molecular weight is 332 g/mol. The first-order valence-corrected chi connectivity index (χ1v) is 7.67. The van der Waals surface area contributed by atoms with Gasteiger partial charge in [0.1, 0.15) is 5.69 Å². The lowest BCUT2D eigenvalue weighted by Crippen LogP contribution is -2.09. The molecule has 0 aliphatic heterocycles. The van der Waals surface area contributed by atoms with Crippen molar-refractivity contribution in [2.24, 2.45) is 0 Å². The lowest BCUT2D eigenvalue weighted by molar-refractivity contribution is -0.141. The molecule has 2 aromatic rings. The van der Waals surface area contributed by atoms with Gasteiger partial charge in [0.25, 0.3) is 0 Å². The second-order valence-corrected chi connectivity index (χ2v) is 5.94. The molecule has 9 heteroatoms. The third-order valence-electron chi connectivity index (χ3n) is 2.79. The number of rotatable bonds is 6. The maximum atomic E-state index is 12.6. The van der Waals surface area contributed by atoms with Gasteiger partial charge in [0, 0.05) is 12.6 Å². The van der Waals surface area contributed by atoms with Gasteiger partial charge in [0.05, 0.1) is 5.25 Å². The molecule has 0 saturated heterocycles. The van der Waals surface area contributed by atoms with E-state index >= 15 is 0 Å². The topological polar surface area (TPSA) is 64.7 Å². The van der Waals surface area contributed by atoms with Crippen molar-refractivity contribution in [3.8, 4) is 0 Å². The lowest BCUT2D eigenvalue weighted by atomic mass is 10.2. The Morgan fingerprint density at radius 3 is 2.77 bits per heavy atom. The Hall–Kier alpha value is -1.64. The van der Waals surface area contributed by atoms with Crippen LogP contribution in [0.2, 0.25) is 0 Å². The van der Waals surface area contributed by atoms with Crippen molar-refractivity contribution in [2.45, 2.75) is 49.7 Å². The molecule has 2 aromatic heterocycles. The van der Waals surface area contributed by atoms with E-state index < -0.39 is 11.9 Å². The number of nitrogens with zero attached hydrogens (tertiary/aromatic N) is 4. The molecule has 0 fully saturated rings. The van der Waals surface area contributed by atoms with Crippen molar-refractivity contribution >= 4 is 11.8 Å². The molecule has 0 N–H and O–H groups in total. The minimum absolute atomic E-state index is 0.0237. The molecule has 22 heavy (non-hydrogen) atoms. The van der Waals surface area contributed by atoms with E-state index in [-0.39, 0.29) is 10.4 Å². The summed E-state index contributed by atoms with van der Waals surface area (Å²) in [5, 5.41) is 3.55. The molecule has 0 radical (unpaired) electrons. The van der Waals surface area contributed by atoms with Crippen LogP contribution in [0.5, 0.6) is 0 Å². The SMILES string of the molecule is CCCCc1noc([C@@H](C)Sc2nccc(C(F)(F)F)n2)n1. The highest BCUT2D eigenvalue weighted by Crippen LogP contribution is 2.34. The summed E-state index contributed by atoms with van der Waals surface area (Å²) in [6, 6.07) is 0.838. The van der Waals surface area contributed by atoms with Gasteiger partial charge in [-0.05, 0) is 19.4 Å². The number of unbranched alkanes of at least 4 members (excludes halogenated alkanes) is 1. The molecule has 0 unspecified atom stereocenters. The van der Waals surface area contributed by atoms with Crippen LogP contribution in [-0.4, -0.2) is 20.1 Å². The first kappa shape index (κ1) is 16.7. The van der Waals surface area contributed by atoms with Crippen LogP contribution >= 0.6 is 11.8 Å². The zero-order valence-electron chi connectivity index (χ0n) is 12.1. The van der Waals surface area contributed by atoms with Gasteiger partial charge < -0.3 is 4.52 Å². The molecule has 1 atom stereocenters. The number of hydrogen-bond acceptors (Lipinski definition) is 6. The summed E-state index contributed by atoms with van der Waals surface area (Å²) in [4.78, 5) is 11.6. The molecule has 0 aromatic carbocycles. The van der Waals surface area contributed by atoms with Crippen LogP contribution in [0.15, 0.2) is 21.9 Å². The van der Waals surface area contributed by atoms with Gasteiger partial charge in [0.15, 0.2) is 11.0 Å². The molecule has 0 aliphatic carbocycles. The van der Waals surface area contributed by atoms with Crippen LogP contribution < -0.4 is 0 Å². The summed E-state index contributed by atoms with van der Waals surface area (Å²) in [5.41, 5.74) is -0.966. The van der Waals surface area contributed by atoms with E-state index in [0.717, 1.165) is 43.3 Å². The molecule has 120 valence electrons. The second kappa shape index (κ2) is 7.08. The van der Waals surface area contributed by atoms with Gasteiger partial charge in [-0.3, -0.25) is 0 Å². The summed E-state index contributed by atoms with van der Waals surface area (Å²) in [7, 11) is 0. The molecule has 0 saturated carbocycles. The number of aromatic nitrogens is 4. The zero-order chi connectivity index (χ0) is 16.2. The molecule has 0 amide bonds. The van der Waals surface area contributed by atoms with E-state index in [1.807, 2.05) is 0 Å². The smallest absolute Gasteiger partial charge is 0.338 e. The van der Waals surface area contributed by atoms with Crippen molar-refractivity contribution in [1.82, 2.24) is 20.1 Å². The monoisotopic (exact) mass is 332 g/mol. The fourth-order valence-electron chi connectivity index (χ4n) is 1.63. The molecular weight excluding hydrogens is 317 g/mol. The number of halogens is 3. The number of hydrogen-bond donors (Lipinski definition) is 0. The van der Waals surface area contributed by atoms with E-state index in [1.54, 1.807) is 6.92 Å². The highest BCUT2D eigenvalue weighted by atomic mass is 32.2. The van der Waals surface area contributed by atoms with E-state index in [4.69, 9.17) is 4.52 Å². The van der Waals surface area contributed by atoms with Crippen LogP contribution in [0.25, 0.3) is 0 Å². The van der Waals surface area contributed by atoms with Crippen LogP contribution in [0, 0.1) is 0 Å². The Morgan fingerprint density at radius 1 is 1.32 bits per heavy atom. The highest BCUT2D eigenvalue weighted by molar-refractivity contribution is 7.99. The fourth-order valence-corrected chi connectivity index (χ4v) is 2.42. The van der Waals surface area contributed by atoms with Crippen LogP contribution in [-0.2, 0) is 12.6 Å². The van der Waals surface area contributed by atoms with Crippen molar-refractivity contribution in [3.05, 3.63) is 29.7 Å². The van der Waals surface area contributed by atoms with Crippen LogP contribution in [0.1, 0.15) is 49.3 Å². The number of aryl methyl sites for hydroxylation is 1. The molecular formula is C13H15F3N4OS. The van der Waals surface area contributed by atoms with E-state index in [0.29, 0.717) is 11.7 Å². The van der Waals surface area contributed by atoms with E-state index in [2.05, 4.69) is 27.0 Å². The Kier molecular flexibility index (Phi) is 5.38. The van der Waals surface area contributed by atoms with Crippen molar-refractivity contribution in [2.75, 3.05) is 0 Å². The van der Waals surface area contributed by atoms with Crippen LogP contribution in [0.3, 0.4) is 0 Å². The molecule has 2 rings (SSSR count). The van der Waals surface area contributed by atoms with Gasteiger partial charge in [-0.15, -0.1) is 0 Å². The normalized spacial score (nSPS) is 13.3. The molecule has 0 spiro atoms. The number of alkyl halides is 3. The summed E-state index contributed by atoms with van der Waals surface area (Å²) in [6.07, 6.45) is -0.703. The minimum Gasteiger partial charge on any atom is -0.338 e. The summed E-state index contributed by atoms with van der Waals surface area (Å²) >= 11 is 1.05. The van der Waals surface area contributed by atoms with E-state index in [1.165, 1.54) is 0 Å². The summed E-state index contributed by atoms with van der Waals surface area (Å²) < 4.78 is 43.0. The summed E-state index contributed by atoms with van der Waals surface area (Å²) in [6.45, 7) is 3.82. The molecule has 0 aliphatic rings. The lowest BCUT2D eigenvalue weighted by Gasteiger charge is -2.08. The largest absolute Gasteiger partial charge is 0.433 e. The third-order valence-corrected chi connectivity index (χ3v) is 3.75. The molecule has 2 heterocycles. The van der Waals surface area contributed by atoms with E-state index in [9.17, 15) is 13.2 Å². The fraction of sp³-hybridized carbons (Fsp3) is 0.538. The number of thioether (sulfide) groups is 1. The summed E-state index contributed by atoms with van der Waals surface area (Å²) in [5.74, 6) is 0.964. The third kappa shape index (κ3) is 4.43. The van der Waals surface area contributed by atoms with Crippen LogP contribution in [0.4, 0.5) is 13.2 Å². The first-order valence-electron chi connectivity index (χ1n) is 6.79. The average Bonchev–Trinajstić information content (AvgIpc) is 2.93. The Bertz CT molecular complexity index is 617. The van der Waals surface area contributed by atoms with Crippen molar-refractivity contribution in [1.29, 1.82) is 0 Å². The maximum Gasteiger partial charge on any atom is 0.433 e. The predicted octanol–water partition coefficient (Wildman–Crippen LogP) is 4.07. The van der Waals surface area contributed by atoms with Gasteiger partial charge in [-0.2, -0.15) is 18.2 Å². The minimum atomic E-state index is -4.49. The Morgan fingerprint density at radius 2 is 2.09 bits per heavy atom. The quantitative estimate of drug-likeness (QED) is 0.587. The van der Waals surface area contributed by atoms with Gasteiger partial charge in [0.2, 0.25) is 5.89 Å². The second-order valence-electron chi connectivity index (χ2n) is 4.63. The Labute approximate surface area is 129 Å². The van der Waals surface area contributed by atoms with Crippen molar-refractivity contribution in [3.63, 3.8) is 0 Å².